The molecule has 0 aromatic carbocycles. The van der Waals surface area contributed by atoms with Crippen LogP contribution in [0, 0.1) is 0 Å². The van der Waals surface area contributed by atoms with E-state index in [2.05, 4.69) is 36.0 Å². The predicted molar refractivity (Wildman–Crippen MR) is 63.3 cm³/mol. The van der Waals surface area contributed by atoms with Crippen molar-refractivity contribution in [1.82, 2.24) is 9.80 Å². The van der Waals surface area contributed by atoms with Crippen LogP contribution in [0.15, 0.2) is 5.16 Å². The SMILES string of the molecule is CCN(CCCN(C)C)CCC(N)=NO. The van der Waals surface area contributed by atoms with Gasteiger partial charge in [-0.25, -0.2) is 0 Å². The fourth-order valence-electron chi connectivity index (χ4n) is 1.36. The van der Waals surface area contributed by atoms with Crippen LogP contribution in [0.4, 0.5) is 0 Å². The standard InChI is InChI=1S/C10H24N4O/c1-4-14(8-5-7-13(2)3)9-6-10(11)12-15/h15H,4-9H2,1-3H3,(H2,11,12). The maximum Gasteiger partial charge on any atom is 0.140 e. The summed E-state index contributed by atoms with van der Waals surface area (Å²) < 4.78 is 0. The molecule has 5 heteroatoms. The third-order valence-electron chi connectivity index (χ3n) is 2.34. The molecular formula is C10H24N4O. The van der Waals surface area contributed by atoms with Gasteiger partial charge in [0, 0.05) is 13.0 Å². The maximum atomic E-state index is 8.41. The van der Waals surface area contributed by atoms with E-state index in [0.717, 1.165) is 32.6 Å². The van der Waals surface area contributed by atoms with Gasteiger partial charge in [0.25, 0.3) is 0 Å². The normalized spacial score (nSPS) is 12.7. The molecule has 0 amide bonds. The highest BCUT2D eigenvalue weighted by Gasteiger charge is 2.03. The summed E-state index contributed by atoms with van der Waals surface area (Å²) in [5.41, 5.74) is 5.42. The molecule has 0 bridgehead atoms. The predicted octanol–water partition coefficient (Wildman–Crippen LogP) is 0.397. The summed E-state index contributed by atoms with van der Waals surface area (Å²) in [6.07, 6.45) is 1.78. The highest BCUT2D eigenvalue weighted by molar-refractivity contribution is 5.79. The molecule has 15 heavy (non-hydrogen) atoms. The van der Waals surface area contributed by atoms with Gasteiger partial charge in [-0.1, -0.05) is 12.1 Å². The first-order valence-electron chi connectivity index (χ1n) is 5.43. The van der Waals surface area contributed by atoms with Gasteiger partial charge in [0.05, 0.1) is 0 Å². The van der Waals surface area contributed by atoms with E-state index in [1.807, 2.05) is 0 Å². The van der Waals surface area contributed by atoms with Gasteiger partial charge in [0.15, 0.2) is 0 Å². The van der Waals surface area contributed by atoms with Crippen molar-refractivity contribution < 1.29 is 5.21 Å². The highest BCUT2D eigenvalue weighted by Crippen LogP contribution is 1.95. The number of amidine groups is 1. The molecule has 0 radical (unpaired) electrons. The number of oxime groups is 1. The monoisotopic (exact) mass is 216 g/mol. The van der Waals surface area contributed by atoms with Crippen LogP contribution in [0.1, 0.15) is 19.8 Å². The largest absolute Gasteiger partial charge is 0.409 e. The molecule has 0 saturated carbocycles. The molecule has 0 heterocycles. The van der Waals surface area contributed by atoms with Crippen molar-refractivity contribution in [2.45, 2.75) is 19.8 Å². The topological polar surface area (TPSA) is 65.1 Å². The molecule has 0 atom stereocenters. The Morgan fingerprint density at radius 1 is 1.27 bits per heavy atom. The molecule has 0 rings (SSSR count). The summed E-state index contributed by atoms with van der Waals surface area (Å²) in [6, 6.07) is 0. The fourth-order valence-corrected chi connectivity index (χ4v) is 1.36. The van der Waals surface area contributed by atoms with Crippen LogP contribution in [-0.4, -0.2) is 61.1 Å². The van der Waals surface area contributed by atoms with E-state index >= 15 is 0 Å². The first-order valence-corrected chi connectivity index (χ1v) is 5.43. The summed E-state index contributed by atoms with van der Waals surface area (Å²) in [5, 5.41) is 11.4. The van der Waals surface area contributed by atoms with Gasteiger partial charge in [-0.2, -0.15) is 0 Å². The lowest BCUT2D eigenvalue weighted by atomic mass is 10.3. The van der Waals surface area contributed by atoms with Gasteiger partial charge in [0.1, 0.15) is 5.84 Å². The summed E-state index contributed by atoms with van der Waals surface area (Å²) in [5.74, 6) is 0.307. The van der Waals surface area contributed by atoms with Crippen LogP contribution in [0.5, 0.6) is 0 Å². The Balaban J connectivity index is 3.64. The lowest BCUT2D eigenvalue weighted by molar-refractivity contribution is 0.270. The van der Waals surface area contributed by atoms with Crippen LogP contribution >= 0.6 is 0 Å². The number of hydrogen-bond acceptors (Lipinski definition) is 4. The second-order valence-electron chi connectivity index (χ2n) is 3.93. The first-order chi connectivity index (χ1) is 7.10. The minimum atomic E-state index is 0.307. The Bertz CT molecular complexity index is 182. The third-order valence-corrected chi connectivity index (χ3v) is 2.34. The van der Waals surface area contributed by atoms with Crippen LogP contribution in [0.3, 0.4) is 0 Å². The van der Waals surface area contributed by atoms with Crippen LogP contribution < -0.4 is 5.73 Å². The highest BCUT2D eigenvalue weighted by atomic mass is 16.4. The van der Waals surface area contributed by atoms with Gasteiger partial charge >= 0.3 is 0 Å². The Morgan fingerprint density at radius 3 is 2.40 bits per heavy atom. The van der Waals surface area contributed by atoms with Crippen LogP contribution in [0.25, 0.3) is 0 Å². The van der Waals surface area contributed by atoms with Crippen LogP contribution in [-0.2, 0) is 0 Å². The van der Waals surface area contributed by atoms with E-state index in [-0.39, 0.29) is 0 Å². The number of nitrogens with zero attached hydrogens (tertiary/aromatic N) is 3. The lowest BCUT2D eigenvalue weighted by Crippen LogP contribution is -2.30. The number of nitrogens with two attached hydrogens (primary N) is 1. The first kappa shape index (κ1) is 14.2. The van der Waals surface area contributed by atoms with E-state index in [4.69, 9.17) is 10.9 Å². The minimum absolute atomic E-state index is 0.307. The summed E-state index contributed by atoms with van der Waals surface area (Å²) >= 11 is 0. The van der Waals surface area contributed by atoms with Crippen molar-refractivity contribution in [2.75, 3.05) is 40.3 Å². The second kappa shape index (κ2) is 8.49. The van der Waals surface area contributed by atoms with E-state index < -0.39 is 0 Å². The van der Waals surface area contributed by atoms with Crippen molar-refractivity contribution in [2.24, 2.45) is 10.9 Å². The van der Waals surface area contributed by atoms with Crippen molar-refractivity contribution >= 4 is 5.84 Å². The molecule has 5 nitrogen and oxygen atoms in total. The van der Waals surface area contributed by atoms with Crippen molar-refractivity contribution in [1.29, 1.82) is 0 Å². The van der Waals surface area contributed by atoms with Gasteiger partial charge in [0.2, 0.25) is 0 Å². The average Bonchev–Trinajstić information content (AvgIpc) is 2.22. The van der Waals surface area contributed by atoms with Crippen LogP contribution in [0.2, 0.25) is 0 Å². The summed E-state index contributed by atoms with van der Waals surface area (Å²) in [7, 11) is 4.15. The molecule has 0 aromatic heterocycles. The van der Waals surface area contributed by atoms with E-state index in [0.29, 0.717) is 12.3 Å². The molecular weight excluding hydrogens is 192 g/mol. The third kappa shape index (κ3) is 8.20. The molecule has 0 aromatic rings. The van der Waals surface area contributed by atoms with Gasteiger partial charge in [-0.15, -0.1) is 0 Å². The summed E-state index contributed by atoms with van der Waals surface area (Å²) in [6.45, 7) is 6.15. The zero-order valence-corrected chi connectivity index (χ0v) is 10.1. The average molecular weight is 216 g/mol. The van der Waals surface area contributed by atoms with Crippen molar-refractivity contribution in [3.8, 4) is 0 Å². The zero-order chi connectivity index (χ0) is 11.7. The molecule has 3 N–H and O–H groups in total. The molecule has 0 spiro atoms. The Labute approximate surface area is 92.5 Å². The Kier molecular flexibility index (Phi) is 8.04. The maximum absolute atomic E-state index is 8.41. The van der Waals surface area contributed by atoms with E-state index in [1.54, 1.807) is 0 Å². The molecule has 0 saturated heterocycles. The second-order valence-corrected chi connectivity index (χ2v) is 3.93. The lowest BCUT2D eigenvalue weighted by Gasteiger charge is -2.20. The van der Waals surface area contributed by atoms with Gasteiger partial charge < -0.3 is 20.7 Å². The zero-order valence-electron chi connectivity index (χ0n) is 10.1. The van der Waals surface area contributed by atoms with Gasteiger partial charge in [-0.05, 0) is 40.2 Å². The number of hydrogen-bond donors (Lipinski definition) is 2. The molecule has 90 valence electrons. The van der Waals surface area contributed by atoms with Crippen molar-refractivity contribution in [3.05, 3.63) is 0 Å². The van der Waals surface area contributed by atoms with E-state index in [9.17, 15) is 0 Å². The van der Waals surface area contributed by atoms with E-state index in [1.165, 1.54) is 0 Å². The molecule has 0 aliphatic rings. The quantitative estimate of drug-likeness (QED) is 0.267. The smallest absolute Gasteiger partial charge is 0.140 e. The number of rotatable bonds is 8. The minimum Gasteiger partial charge on any atom is -0.409 e. The fraction of sp³-hybridized carbons (Fsp3) is 0.900. The molecule has 0 aliphatic carbocycles. The Morgan fingerprint density at radius 2 is 1.93 bits per heavy atom. The molecule has 0 aliphatic heterocycles. The van der Waals surface area contributed by atoms with Crippen molar-refractivity contribution in [3.63, 3.8) is 0 Å². The van der Waals surface area contributed by atoms with Gasteiger partial charge in [-0.3, -0.25) is 0 Å². The molecule has 0 fully saturated rings. The summed E-state index contributed by atoms with van der Waals surface area (Å²) in [4.78, 5) is 4.49. The Hall–Kier alpha value is -0.810. The molecule has 0 unspecified atom stereocenters.